The highest BCUT2D eigenvalue weighted by Gasteiger charge is 2.30. The molecule has 5 heteroatoms. The van der Waals surface area contributed by atoms with Gasteiger partial charge in [0.2, 0.25) is 0 Å². The zero-order valence-corrected chi connectivity index (χ0v) is 13.5. The molecular weight excluding hydrogens is 280 g/mol. The smallest absolute Gasteiger partial charge is 0.134 e. The van der Waals surface area contributed by atoms with Crippen LogP contribution in [0.3, 0.4) is 0 Å². The van der Waals surface area contributed by atoms with Crippen LogP contribution in [0.1, 0.15) is 38.1 Å². The molecule has 4 nitrogen and oxygen atoms in total. The predicted octanol–water partition coefficient (Wildman–Crippen LogP) is 3.70. The summed E-state index contributed by atoms with van der Waals surface area (Å²) in [5.41, 5.74) is 1.37. The maximum absolute atomic E-state index is 4.75. The third kappa shape index (κ3) is 3.53. The van der Waals surface area contributed by atoms with Gasteiger partial charge in [-0.05, 0) is 42.2 Å². The Labute approximate surface area is 130 Å². The number of aryl methyl sites for hydroxylation is 1. The molecule has 0 unspecified atom stereocenters. The minimum atomic E-state index is 0.638. The van der Waals surface area contributed by atoms with Crippen LogP contribution in [-0.4, -0.2) is 22.6 Å². The van der Waals surface area contributed by atoms with Crippen LogP contribution in [0.15, 0.2) is 22.9 Å². The van der Waals surface area contributed by atoms with Gasteiger partial charge in [0.05, 0.1) is 0 Å². The standard InChI is InChI=1S/C16H22N4S/c1-3-14-18-15(17-4-2)9-16(19-14)20(13-5-6-13)10-12-7-8-21-11-12/h7-9,11,13H,3-6,10H2,1-2H3,(H,17,18,19). The van der Waals surface area contributed by atoms with E-state index in [1.165, 1.54) is 18.4 Å². The molecule has 21 heavy (non-hydrogen) atoms. The number of hydrogen-bond donors (Lipinski definition) is 1. The van der Waals surface area contributed by atoms with Crippen molar-refractivity contribution in [3.8, 4) is 0 Å². The minimum absolute atomic E-state index is 0.638. The van der Waals surface area contributed by atoms with Crippen LogP contribution in [0, 0.1) is 0 Å². The van der Waals surface area contributed by atoms with Gasteiger partial charge in [0.1, 0.15) is 17.5 Å². The van der Waals surface area contributed by atoms with E-state index in [1.807, 2.05) is 0 Å². The number of hydrogen-bond acceptors (Lipinski definition) is 5. The fourth-order valence-electron chi connectivity index (χ4n) is 2.42. The second kappa shape index (κ2) is 6.43. The highest BCUT2D eigenvalue weighted by molar-refractivity contribution is 7.07. The third-order valence-electron chi connectivity index (χ3n) is 3.65. The highest BCUT2D eigenvalue weighted by Crippen LogP contribution is 2.33. The summed E-state index contributed by atoms with van der Waals surface area (Å²) < 4.78 is 0. The molecule has 2 heterocycles. The van der Waals surface area contributed by atoms with Crippen LogP contribution in [0.25, 0.3) is 0 Å². The van der Waals surface area contributed by atoms with E-state index in [2.05, 4.69) is 51.9 Å². The lowest BCUT2D eigenvalue weighted by Crippen LogP contribution is -2.26. The summed E-state index contributed by atoms with van der Waals surface area (Å²) in [6.45, 7) is 6.03. The van der Waals surface area contributed by atoms with E-state index >= 15 is 0 Å². The normalized spacial score (nSPS) is 14.2. The molecule has 0 saturated heterocycles. The summed E-state index contributed by atoms with van der Waals surface area (Å²) in [7, 11) is 0. The first kappa shape index (κ1) is 14.3. The van der Waals surface area contributed by atoms with Crippen molar-refractivity contribution in [1.82, 2.24) is 9.97 Å². The Hall–Kier alpha value is -1.62. The monoisotopic (exact) mass is 302 g/mol. The molecule has 0 spiro atoms. The van der Waals surface area contributed by atoms with Gasteiger partial charge in [-0.15, -0.1) is 0 Å². The second-order valence-electron chi connectivity index (χ2n) is 5.40. The zero-order chi connectivity index (χ0) is 14.7. The molecule has 0 aliphatic heterocycles. The van der Waals surface area contributed by atoms with Crippen molar-refractivity contribution in [1.29, 1.82) is 0 Å². The lowest BCUT2D eigenvalue weighted by Gasteiger charge is -2.24. The summed E-state index contributed by atoms with van der Waals surface area (Å²) in [5, 5.41) is 7.69. The number of nitrogens with zero attached hydrogens (tertiary/aromatic N) is 3. The Morgan fingerprint density at radius 3 is 2.81 bits per heavy atom. The molecule has 1 saturated carbocycles. The van der Waals surface area contributed by atoms with Gasteiger partial charge in [-0.25, -0.2) is 9.97 Å². The average molecular weight is 302 g/mol. The molecule has 1 N–H and O–H groups in total. The molecule has 0 amide bonds. The van der Waals surface area contributed by atoms with Gasteiger partial charge >= 0.3 is 0 Å². The van der Waals surface area contributed by atoms with Gasteiger partial charge in [0.15, 0.2) is 0 Å². The summed E-state index contributed by atoms with van der Waals surface area (Å²) in [6.07, 6.45) is 3.40. The summed E-state index contributed by atoms with van der Waals surface area (Å²) in [6, 6.07) is 4.93. The van der Waals surface area contributed by atoms with Gasteiger partial charge < -0.3 is 10.2 Å². The van der Waals surface area contributed by atoms with E-state index in [0.29, 0.717) is 6.04 Å². The Balaban J connectivity index is 1.88. The van der Waals surface area contributed by atoms with E-state index in [0.717, 1.165) is 37.0 Å². The quantitative estimate of drug-likeness (QED) is 0.846. The Morgan fingerprint density at radius 2 is 2.19 bits per heavy atom. The van der Waals surface area contributed by atoms with Crippen molar-refractivity contribution >= 4 is 23.0 Å². The molecule has 1 aliphatic rings. The fourth-order valence-corrected chi connectivity index (χ4v) is 3.08. The molecule has 2 aromatic rings. The molecule has 1 aliphatic carbocycles. The van der Waals surface area contributed by atoms with Crippen molar-refractivity contribution in [2.75, 3.05) is 16.8 Å². The predicted molar refractivity (Wildman–Crippen MR) is 89.1 cm³/mol. The van der Waals surface area contributed by atoms with E-state index in [-0.39, 0.29) is 0 Å². The van der Waals surface area contributed by atoms with E-state index in [9.17, 15) is 0 Å². The van der Waals surface area contributed by atoms with Gasteiger partial charge in [0.25, 0.3) is 0 Å². The topological polar surface area (TPSA) is 41.0 Å². The third-order valence-corrected chi connectivity index (χ3v) is 4.38. The molecule has 0 atom stereocenters. The van der Waals surface area contributed by atoms with Crippen LogP contribution < -0.4 is 10.2 Å². The first-order valence-electron chi connectivity index (χ1n) is 7.69. The molecule has 2 aromatic heterocycles. The van der Waals surface area contributed by atoms with Crippen molar-refractivity contribution in [3.63, 3.8) is 0 Å². The number of aromatic nitrogens is 2. The fraction of sp³-hybridized carbons (Fsp3) is 0.500. The molecule has 1 fully saturated rings. The van der Waals surface area contributed by atoms with Crippen molar-refractivity contribution in [2.24, 2.45) is 0 Å². The van der Waals surface area contributed by atoms with Crippen LogP contribution in [-0.2, 0) is 13.0 Å². The number of nitrogens with one attached hydrogen (secondary N) is 1. The maximum Gasteiger partial charge on any atom is 0.134 e. The number of thiophene rings is 1. The Kier molecular flexibility index (Phi) is 4.39. The first-order valence-corrected chi connectivity index (χ1v) is 8.64. The lowest BCUT2D eigenvalue weighted by molar-refractivity contribution is 0.767. The van der Waals surface area contributed by atoms with Crippen LogP contribution in [0.4, 0.5) is 11.6 Å². The van der Waals surface area contributed by atoms with Crippen molar-refractivity contribution in [2.45, 2.75) is 45.7 Å². The first-order chi connectivity index (χ1) is 10.3. The molecule has 112 valence electrons. The van der Waals surface area contributed by atoms with Crippen LogP contribution in [0.2, 0.25) is 0 Å². The van der Waals surface area contributed by atoms with Crippen molar-refractivity contribution < 1.29 is 0 Å². The maximum atomic E-state index is 4.75. The Morgan fingerprint density at radius 1 is 1.33 bits per heavy atom. The summed E-state index contributed by atoms with van der Waals surface area (Å²) in [5.74, 6) is 2.92. The van der Waals surface area contributed by atoms with Crippen LogP contribution >= 0.6 is 11.3 Å². The highest BCUT2D eigenvalue weighted by atomic mass is 32.1. The Bertz CT molecular complexity index is 578. The molecule has 0 bridgehead atoms. The minimum Gasteiger partial charge on any atom is -0.370 e. The van der Waals surface area contributed by atoms with Gasteiger partial charge in [-0.3, -0.25) is 0 Å². The molecule has 3 rings (SSSR count). The summed E-state index contributed by atoms with van der Waals surface area (Å²) in [4.78, 5) is 11.7. The number of anilines is 2. The molecular formula is C16H22N4S. The second-order valence-corrected chi connectivity index (χ2v) is 6.18. The SMILES string of the molecule is CCNc1cc(N(Cc2ccsc2)C2CC2)nc(CC)n1. The largest absolute Gasteiger partial charge is 0.370 e. The van der Waals surface area contributed by atoms with E-state index in [4.69, 9.17) is 4.98 Å². The zero-order valence-electron chi connectivity index (χ0n) is 12.7. The molecule has 0 radical (unpaired) electrons. The average Bonchev–Trinajstić information content (AvgIpc) is 3.21. The van der Waals surface area contributed by atoms with Gasteiger partial charge in [-0.2, -0.15) is 11.3 Å². The summed E-state index contributed by atoms with van der Waals surface area (Å²) >= 11 is 1.76. The van der Waals surface area contributed by atoms with E-state index in [1.54, 1.807) is 11.3 Å². The van der Waals surface area contributed by atoms with Crippen molar-refractivity contribution in [3.05, 3.63) is 34.3 Å². The van der Waals surface area contributed by atoms with E-state index < -0.39 is 0 Å². The molecule has 0 aromatic carbocycles. The van der Waals surface area contributed by atoms with Gasteiger partial charge in [0, 0.05) is 31.6 Å². The van der Waals surface area contributed by atoms with Crippen LogP contribution in [0.5, 0.6) is 0 Å². The number of rotatable bonds is 7. The van der Waals surface area contributed by atoms with Gasteiger partial charge in [-0.1, -0.05) is 6.92 Å². The lowest BCUT2D eigenvalue weighted by atomic mass is 10.3.